The maximum Gasteiger partial charge on any atom is 0.327 e. The second kappa shape index (κ2) is 5.57. The topological polar surface area (TPSA) is 70.8 Å². The lowest BCUT2D eigenvalue weighted by atomic mass is 10.1. The third-order valence-corrected chi connectivity index (χ3v) is 2.97. The van der Waals surface area contributed by atoms with Crippen LogP contribution < -0.4 is 15.2 Å². The monoisotopic (exact) mass is 323 g/mol. The molecule has 0 fully saturated rings. The number of hydrogen-bond donors (Lipinski definition) is 1. The minimum Gasteiger partial charge on any atom is -0.468 e. The smallest absolute Gasteiger partial charge is 0.327 e. The van der Waals surface area contributed by atoms with Gasteiger partial charge in [0.1, 0.15) is 6.04 Å². The minimum atomic E-state index is -0.839. The Morgan fingerprint density at radius 1 is 1.47 bits per heavy atom. The van der Waals surface area contributed by atoms with Crippen LogP contribution in [0.4, 0.5) is 0 Å². The largest absolute Gasteiger partial charge is 0.468 e. The quantitative estimate of drug-likeness (QED) is 0.840. The molecule has 0 aromatic heterocycles. The predicted molar refractivity (Wildman–Crippen MR) is 66.5 cm³/mol. The zero-order valence-electron chi connectivity index (χ0n) is 8.94. The van der Waals surface area contributed by atoms with Gasteiger partial charge >= 0.3 is 5.97 Å². The first-order chi connectivity index (χ1) is 7.63. The molecule has 1 aliphatic rings. The molecule has 1 aromatic carbocycles. The van der Waals surface area contributed by atoms with Crippen LogP contribution in [0.2, 0.25) is 0 Å². The van der Waals surface area contributed by atoms with Gasteiger partial charge in [-0.05, 0) is 17.7 Å². The molecule has 0 spiro atoms. The SMILES string of the molecule is COC(=O)[C@H](N)c1cc2c(cc1Br)OCO2.Cl. The summed E-state index contributed by atoms with van der Waals surface area (Å²) in [5.41, 5.74) is 6.35. The van der Waals surface area contributed by atoms with Crippen LogP contribution in [-0.2, 0) is 9.53 Å². The number of halogens is 2. The number of carbonyl (C=O) groups excluding carboxylic acids is 1. The van der Waals surface area contributed by atoms with Crippen LogP contribution in [0.1, 0.15) is 11.6 Å². The number of nitrogens with two attached hydrogens (primary N) is 1. The summed E-state index contributed by atoms with van der Waals surface area (Å²) in [6, 6.07) is 2.56. The number of rotatable bonds is 2. The second-order valence-corrected chi connectivity index (χ2v) is 4.08. The Morgan fingerprint density at radius 2 is 2.06 bits per heavy atom. The zero-order chi connectivity index (χ0) is 11.7. The molecule has 0 saturated carbocycles. The van der Waals surface area contributed by atoms with Gasteiger partial charge in [-0.1, -0.05) is 15.9 Å². The van der Waals surface area contributed by atoms with E-state index in [0.717, 1.165) is 0 Å². The average Bonchev–Trinajstić information content (AvgIpc) is 2.72. The van der Waals surface area contributed by atoms with E-state index in [1.165, 1.54) is 7.11 Å². The van der Waals surface area contributed by atoms with E-state index >= 15 is 0 Å². The molecule has 5 nitrogen and oxygen atoms in total. The van der Waals surface area contributed by atoms with Crippen LogP contribution >= 0.6 is 28.3 Å². The van der Waals surface area contributed by atoms with E-state index in [1.807, 2.05) is 0 Å². The highest BCUT2D eigenvalue weighted by molar-refractivity contribution is 9.10. The lowest BCUT2D eigenvalue weighted by molar-refractivity contribution is -0.142. The molecule has 1 aromatic rings. The average molecular weight is 325 g/mol. The summed E-state index contributed by atoms with van der Waals surface area (Å²) < 4.78 is 15.7. The summed E-state index contributed by atoms with van der Waals surface area (Å²) in [5.74, 6) is 0.713. The molecule has 1 aliphatic heterocycles. The highest BCUT2D eigenvalue weighted by Gasteiger charge is 2.23. The number of esters is 1. The van der Waals surface area contributed by atoms with Crippen molar-refractivity contribution in [3.8, 4) is 11.5 Å². The lowest BCUT2D eigenvalue weighted by Crippen LogP contribution is -2.22. The molecule has 1 atom stereocenters. The van der Waals surface area contributed by atoms with Gasteiger partial charge in [-0.2, -0.15) is 0 Å². The summed E-state index contributed by atoms with van der Waals surface area (Å²) in [5, 5.41) is 0. The molecule has 0 radical (unpaired) electrons. The molecule has 7 heteroatoms. The van der Waals surface area contributed by atoms with Gasteiger partial charge < -0.3 is 19.9 Å². The van der Waals surface area contributed by atoms with Crippen molar-refractivity contribution in [2.75, 3.05) is 13.9 Å². The predicted octanol–water partition coefficient (Wildman–Crippen LogP) is 1.77. The van der Waals surface area contributed by atoms with Crippen LogP contribution in [0.3, 0.4) is 0 Å². The molecular formula is C10H11BrClNO4. The van der Waals surface area contributed by atoms with Gasteiger partial charge in [0.2, 0.25) is 6.79 Å². The molecule has 0 aliphatic carbocycles. The van der Waals surface area contributed by atoms with Crippen LogP contribution in [0.5, 0.6) is 11.5 Å². The van der Waals surface area contributed by atoms with Gasteiger partial charge in [-0.15, -0.1) is 12.4 Å². The van der Waals surface area contributed by atoms with Crippen molar-refractivity contribution in [3.63, 3.8) is 0 Å². The molecule has 0 unspecified atom stereocenters. The van der Waals surface area contributed by atoms with E-state index in [-0.39, 0.29) is 19.2 Å². The Kier molecular flexibility index (Phi) is 4.62. The van der Waals surface area contributed by atoms with Crippen molar-refractivity contribution < 1.29 is 19.0 Å². The Balaban J connectivity index is 0.00000144. The highest BCUT2D eigenvalue weighted by atomic mass is 79.9. The van der Waals surface area contributed by atoms with Crippen LogP contribution in [0.25, 0.3) is 0 Å². The van der Waals surface area contributed by atoms with Crippen molar-refractivity contribution in [1.82, 2.24) is 0 Å². The van der Waals surface area contributed by atoms with E-state index in [1.54, 1.807) is 12.1 Å². The van der Waals surface area contributed by atoms with E-state index in [4.69, 9.17) is 15.2 Å². The summed E-state index contributed by atoms with van der Waals surface area (Å²) in [4.78, 5) is 11.3. The fourth-order valence-corrected chi connectivity index (χ4v) is 1.99. The number of fused-ring (bicyclic) bond motifs is 1. The van der Waals surface area contributed by atoms with E-state index in [2.05, 4.69) is 20.7 Å². The van der Waals surface area contributed by atoms with Gasteiger partial charge in [0.15, 0.2) is 11.5 Å². The van der Waals surface area contributed by atoms with Crippen molar-refractivity contribution in [2.24, 2.45) is 5.73 Å². The lowest BCUT2D eigenvalue weighted by Gasteiger charge is -2.12. The van der Waals surface area contributed by atoms with Crippen molar-refractivity contribution in [3.05, 3.63) is 22.2 Å². The summed E-state index contributed by atoms with van der Waals surface area (Å²) >= 11 is 3.32. The Labute approximate surface area is 113 Å². The van der Waals surface area contributed by atoms with Gasteiger partial charge in [-0.25, -0.2) is 0 Å². The number of hydrogen-bond acceptors (Lipinski definition) is 5. The standard InChI is InChI=1S/C10H10BrNO4.ClH/c1-14-10(13)9(12)5-2-7-8(3-6(5)11)16-4-15-7;/h2-3,9H,4,12H2,1H3;1H/t9-;/m1./s1. The van der Waals surface area contributed by atoms with E-state index in [0.29, 0.717) is 21.5 Å². The Hall–Kier alpha value is -0.980. The van der Waals surface area contributed by atoms with E-state index < -0.39 is 12.0 Å². The van der Waals surface area contributed by atoms with Gasteiger partial charge in [0.05, 0.1) is 7.11 Å². The molecule has 17 heavy (non-hydrogen) atoms. The zero-order valence-corrected chi connectivity index (χ0v) is 11.3. The first-order valence-corrected chi connectivity index (χ1v) is 5.35. The van der Waals surface area contributed by atoms with Crippen LogP contribution in [0, 0.1) is 0 Å². The number of ether oxygens (including phenoxy) is 3. The summed E-state index contributed by atoms with van der Waals surface area (Å²) in [7, 11) is 1.29. The highest BCUT2D eigenvalue weighted by Crippen LogP contribution is 2.38. The molecule has 0 bridgehead atoms. The van der Waals surface area contributed by atoms with Crippen molar-refractivity contribution in [2.45, 2.75) is 6.04 Å². The van der Waals surface area contributed by atoms with Crippen LogP contribution in [-0.4, -0.2) is 19.9 Å². The first kappa shape index (κ1) is 14.1. The number of benzene rings is 1. The van der Waals surface area contributed by atoms with Gasteiger partial charge in [0.25, 0.3) is 0 Å². The number of carbonyl (C=O) groups is 1. The molecule has 0 saturated heterocycles. The molecule has 0 amide bonds. The maximum atomic E-state index is 11.3. The number of methoxy groups -OCH3 is 1. The first-order valence-electron chi connectivity index (χ1n) is 4.56. The molecular weight excluding hydrogens is 313 g/mol. The fourth-order valence-electron chi connectivity index (χ4n) is 1.43. The second-order valence-electron chi connectivity index (χ2n) is 3.23. The Bertz CT molecular complexity index is 441. The Morgan fingerprint density at radius 3 is 2.65 bits per heavy atom. The third kappa shape index (κ3) is 2.65. The van der Waals surface area contributed by atoms with Gasteiger partial charge in [0, 0.05) is 4.47 Å². The van der Waals surface area contributed by atoms with Crippen molar-refractivity contribution in [1.29, 1.82) is 0 Å². The molecule has 1 heterocycles. The third-order valence-electron chi connectivity index (χ3n) is 2.28. The van der Waals surface area contributed by atoms with Crippen molar-refractivity contribution >= 4 is 34.3 Å². The molecule has 2 N–H and O–H groups in total. The summed E-state index contributed by atoms with van der Waals surface area (Å²) in [6.07, 6.45) is 0. The molecule has 94 valence electrons. The summed E-state index contributed by atoms with van der Waals surface area (Å²) in [6.45, 7) is 0.179. The minimum absolute atomic E-state index is 0. The maximum absolute atomic E-state index is 11.3. The molecule has 2 rings (SSSR count). The fraction of sp³-hybridized carbons (Fsp3) is 0.300. The van der Waals surface area contributed by atoms with Crippen LogP contribution in [0.15, 0.2) is 16.6 Å². The van der Waals surface area contributed by atoms with Gasteiger partial charge in [-0.3, -0.25) is 4.79 Å². The van der Waals surface area contributed by atoms with E-state index in [9.17, 15) is 4.79 Å². The normalized spacial score (nSPS) is 13.8.